The molecule has 0 aromatic heterocycles. The van der Waals surface area contributed by atoms with Crippen molar-refractivity contribution in [2.75, 3.05) is 19.6 Å². The molecule has 112 valence electrons. The van der Waals surface area contributed by atoms with Crippen LogP contribution >= 0.6 is 0 Å². The van der Waals surface area contributed by atoms with Crippen molar-refractivity contribution in [1.29, 1.82) is 0 Å². The predicted octanol–water partition coefficient (Wildman–Crippen LogP) is 0.566. The van der Waals surface area contributed by atoms with Crippen molar-refractivity contribution < 1.29 is 19.5 Å². The average molecular weight is 282 g/mol. The molecule has 2 saturated heterocycles. The van der Waals surface area contributed by atoms with Crippen molar-refractivity contribution in [1.82, 2.24) is 9.80 Å². The molecular formula is C14H22N2O4. The Hall–Kier alpha value is -1.59. The van der Waals surface area contributed by atoms with Crippen LogP contribution in [0.3, 0.4) is 0 Å². The molecule has 2 rings (SSSR count). The second kappa shape index (κ2) is 5.81. The molecule has 0 aliphatic carbocycles. The number of hydrogen-bond acceptors (Lipinski definition) is 3. The van der Waals surface area contributed by atoms with Crippen molar-refractivity contribution in [2.45, 2.75) is 39.2 Å². The lowest BCUT2D eigenvalue weighted by Crippen LogP contribution is -2.50. The van der Waals surface area contributed by atoms with Gasteiger partial charge in [-0.1, -0.05) is 6.92 Å². The number of carboxylic acid groups (broad SMARTS) is 1. The summed E-state index contributed by atoms with van der Waals surface area (Å²) in [5.41, 5.74) is 0. The number of hydrogen-bond donors (Lipinski definition) is 1. The standard InChI is InChI=1S/C14H22N2O4/c1-9-5-7-16(12(9)14(19)20)13(18)11-4-3-6-15(8-11)10(2)17/h9,11-12H,3-8H2,1-2H3,(H,19,20). The maximum Gasteiger partial charge on any atom is 0.326 e. The van der Waals surface area contributed by atoms with Gasteiger partial charge >= 0.3 is 5.97 Å². The number of carboxylic acids is 1. The summed E-state index contributed by atoms with van der Waals surface area (Å²) in [4.78, 5) is 38.5. The highest BCUT2D eigenvalue weighted by Crippen LogP contribution is 2.28. The maximum atomic E-state index is 12.6. The molecule has 2 heterocycles. The van der Waals surface area contributed by atoms with Crippen LogP contribution in [0.2, 0.25) is 0 Å². The number of carbonyl (C=O) groups is 3. The first-order valence-electron chi connectivity index (χ1n) is 7.20. The van der Waals surface area contributed by atoms with Crippen LogP contribution in [0.15, 0.2) is 0 Å². The molecule has 3 unspecified atom stereocenters. The Morgan fingerprint density at radius 3 is 2.45 bits per heavy atom. The van der Waals surface area contributed by atoms with Gasteiger partial charge in [-0.25, -0.2) is 4.79 Å². The lowest BCUT2D eigenvalue weighted by atomic mass is 9.95. The van der Waals surface area contributed by atoms with E-state index in [1.54, 1.807) is 4.90 Å². The van der Waals surface area contributed by atoms with Crippen LogP contribution in [0.4, 0.5) is 0 Å². The number of carbonyl (C=O) groups excluding carboxylic acids is 2. The SMILES string of the molecule is CC(=O)N1CCCC(C(=O)N2CCC(C)C2C(=O)O)C1. The summed E-state index contributed by atoms with van der Waals surface area (Å²) in [5.74, 6) is -1.31. The van der Waals surface area contributed by atoms with E-state index >= 15 is 0 Å². The zero-order valence-corrected chi connectivity index (χ0v) is 12.0. The second-order valence-electron chi connectivity index (χ2n) is 5.88. The topological polar surface area (TPSA) is 77.9 Å². The first kappa shape index (κ1) is 14.8. The lowest BCUT2D eigenvalue weighted by molar-refractivity contribution is -0.152. The highest BCUT2D eigenvalue weighted by atomic mass is 16.4. The van der Waals surface area contributed by atoms with E-state index in [4.69, 9.17) is 0 Å². The first-order chi connectivity index (χ1) is 9.41. The fourth-order valence-corrected chi connectivity index (χ4v) is 3.27. The zero-order chi connectivity index (χ0) is 14.9. The third-order valence-electron chi connectivity index (χ3n) is 4.45. The summed E-state index contributed by atoms with van der Waals surface area (Å²) in [6, 6.07) is -0.713. The number of piperidine rings is 1. The van der Waals surface area contributed by atoms with Gasteiger partial charge in [0.2, 0.25) is 11.8 Å². The summed E-state index contributed by atoms with van der Waals surface area (Å²) in [5, 5.41) is 9.28. The van der Waals surface area contributed by atoms with Crippen LogP contribution in [0.5, 0.6) is 0 Å². The van der Waals surface area contributed by atoms with Crippen molar-refractivity contribution >= 4 is 17.8 Å². The summed E-state index contributed by atoms with van der Waals surface area (Å²) in [6.45, 7) is 5.00. The lowest BCUT2D eigenvalue weighted by Gasteiger charge is -2.34. The number of amides is 2. The van der Waals surface area contributed by atoms with Gasteiger partial charge in [0.1, 0.15) is 6.04 Å². The van der Waals surface area contributed by atoms with Crippen LogP contribution < -0.4 is 0 Å². The Labute approximate surface area is 118 Å². The Morgan fingerprint density at radius 1 is 1.15 bits per heavy atom. The molecule has 2 aliphatic heterocycles. The van der Waals surface area contributed by atoms with E-state index < -0.39 is 12.0 Å². The van der Waals surface area contributed by atoms with Gasteiger partial charge in [-0.2, -0.15) is 0 Å². The summed E-state index contributed by atoms with van der Waals surface area (Å²) < 4.78 is 0. The minimum Gasteiger partial charge on any atom is -0.480 e. The van der Waals surface area contributed by atoms with Crippen molar-refractivity contribution in [3.05, 3.63) is 0 Å². The number of likely N-dealkylation sites (tertiary alicyclic amines) is 2. The molecule has 2 aliphatic rings. The van der Waals surface area contributed by atoms with Gasteiger partial charge in [-0.15, -0.1) is 0 Å². The Kier molecular flexibility index (Phi) is 4.30. The first-order valence-corrected chi connectivity index (χ1v) is 7.20. The monoisotopic (exact) mass is 282 g/mol. The van der Waals surface area contributed by atoms with Gasteiger partial charge in [0.25, 0.3) is 0 Å². The highest BCUT2D eigenvalue weighted by Gasteiger charge is 2.42. The van der Waals surface area contributed by atoms with Crippen LogP contribution in [0, 0.1) is 11.8 Å². The largest absolute Gasteiger partial charge is 0.480 e. The summed E-state index contributed by atoms with van der Waals surface area (Å²) in [7, 11) is 0. The zero-order valence-electron chi connectivity index (χ0n) is 12.0. The van der Waals surface area contributed by atoms with E-state index in [1.807, 2.05) is 6.92 Å². The van der Waals surface area contributed by atoms with Gasteiger partial charge in [0.15, 0.2) is 0 Å². The van der Waals surface area contributed by atoms with Crippen molar-refractivity contribution in [2.24, 2.45) is 11.8 Å². The van der Waals surface area contributed by atoms with Crippen LogP contribution in [-0.4, -0.2) is 58.4 Å². The van der Waals surface area contributed by atoms with Crippen LogP contribution in [0.25, 0.3) is 0 Å². The molecule has 6 heteroatoms. The number of rotatable bonds is 2. The number of nitrogens with zero attached hydrogens (tertiary/aromatic N) is 2. The third kappa shape index (κ3) is 2.78. The van der Waals surface area contributed by atoms with E-state index in [-0.39, 0.29) is 23.7 Å². The maximum absolute atomic E-state index is 12.6. The molecule has 1 N–H and O–H groups in total. The van der Waals surface area contributed by atoms with Gasteiger partial charge < -0.3 is 14.9 Å². The van der Waals surface area contributed by atoms with E-state index in [2.05, 4.69) is 0 Å². The summed E-state index contributed by atoms with van der Waals surface area (Å²) >= 11 is 0. The van der Waals surface area contributed by atoms with E-state index in [0.717, 1.165) is 19.3 Å². The molecule has 0 bridgehead atoms. The average Bonchev–Trinajstić information content (AvgIpc) is 2.80. The van der Waals surface area contributed by atoms with Crippen molar-refractivity contribution in [3.8, 4) is 0 Å². The summed E-state index contributed by atoms with van der Waals surface area (Å²) in [6.07, 6.45) is 2.27. The highest BCUT2D eigenvalue weighted by molar-refractivity contribution is 5.86. The molecular weight excluding hydrogens is 260 g/mol. The van der Waals surface area contributed by atoms with E-state index in [0.29, 0.717) is 19.6 Å². The molecule has 20 heavy (non-hydrogen) atoms. The van der Waals surface area contributed by atoms with Crippen molar-refractivity contribution in [3.63, 3.8) is 0 Å². The minimum absolute atomic E-state index is 0.0102. The third-order valence-corrected chi connectivity index (χ3v) is 4.45. The molecule has 0 radical (unpaired) electrons. The van der Waals surface area contributed by atoms with Crippen LogP contribution in [0.1, 0.15) is 33.1 Å². The second-order valence-corrected chi connectivity index (χ2v) is 5.88. The van der Waals surface area contributed by atoms with Gasteiger partial charge in [-0.05, 0) is 25.2 Å². The molecule has 0 spiro atoms. The fraction of sp³-hybridized carbons (Fsp3) is 0.786. The van der Waals surface area contributed by atoms with E-state index in [1.165, 1.54) is 11.8 Å². The minimum atomic E-state index is -0.928. The van der Waals surface area contributed by atoms with Crippen LogP contribution in [-0.2, 0) is 14.4 Å². The molecule has 0 aromatic rings. The molecule has 0 aromatic carbocycles. The molecule has 0 saturated carbocycles. The fourth-order valence-electron chi connectivity index (χ4n) is 3.27. The van der Waals surface area contributed by atoms with Gasteiger partial charge in [-0.3, -0.25) is 9.59 Å². The number of aliphatic carboxylic acids is 1. The smallest absolute Gasteiger partial charge is 0.326 e. The molecule has 6 nitrogen and oxygen atoms in total. The van der Waals surface area contributed by atoms with E-state index in [9.17, 15) is 19.5 Å². The Balaban J connectivity index is 2.07. The van der Waals surface area contributed by atoms with Gasteiger partial charge in [0, 0.05) is 26.6 Å². The quantitative estimate of drug-likeness (QED) is 0.803. The normalized spacial score (nSPS) is 30.4. The Morgan fingerprint density at radius 2 is 1.85 bits per heavy atom. The molecule has 3 atom stereocenters. The van der Waals surface area contributed by atoms with Gasteiger partial charge in [0.05, 0.1) is 5.92 Å². The molecule has 2 amide bonds. The predicted molar refractivity (Wildman–Crippen MR) is 71.9 cm³/mol. The Bertz CT molecular complexity index is 423. The molecule has 2 fully saturated rings.